The fourth-order valence-corrected chi connectivity index (χ4v) is 2.51. The Morgan fingerprint density at radius 2 is 1.80 bits per heavy atom. The molecule has 0 spiro atoms. The highest BCUT2D eigenvalue weighted by molar-refractivity contribution is 5.92. The van der Waals surface area contributed by atoms with Gasteiger partial charge in [-0.2, -0.15) is 0 Å². The van der Waals surface area contributed by atoms with Gasteiger partial charge in [-0.05, 0) is 38.1 Å². The molecular weight excluding hydrogens is 250 g/mol. The number of aromatic nitrogens is 2. The minimum Gasteiger partial charge on any atom is -0.372 e. The van der Waals surface area contributed by atoms with E-state index in [1.807, 2.05) is 0 Å². The summed E-state index contributed by atoms with van der Waals surface area (Å²) in [6.45, 7) is 6.21. The number of aromatic amines is 1. The van der Waals surface area contributed by atoms with Gasteiger partial charge in [0.05, 0.1) is 5.52 Å². The van der Waals surface area contributed by atoms with E-state index in [2.05, 4.69) is 53.0 Å². The van der Waals surface area contributed by atoms with E-state index in [1.165, 1.54) is 6.07 Å². The van der Waals surface area contributed by atoms with Crippen molar-refractivity contribution in [2.75, 3.05) is 18.0 Å². The number of hydrogen-bond acceptors (Lipinski definition) is 3. The summed E-state index contributed by atoms with van der Waals surface area (Å²) in [6, 6.07) is 11.7. The van der Waals surface area contributed by atoms with E-state index in [0.29, 0.717) is 5.65 Å². The van der Waals surface area contributed by atoms with Gasteiger partial charge in [0.2, 0.25) is 5.56 Å². The van der Waals surface area contributed by atoms with E-state index < -0.39 is 0 Å². The zero-order chi connectivity index (χ0) is 14.1. The van der Waals surface area contributed by atoms with E-state index in [9.17, 15) is 4.79 Å². The van der Waals surface area contributed by atoms with Gasteiger partial charge in [0.25, 0.3) is 0 Å². The van der Waals surface area contributed by atoms with Crippen molar-refractivity contribution in [3.63, 3.8) is 0 Å². The second kappa shape index (κ2) is 4.96. The van der Waals surface area contributed by atoms with Crippen molar-refractivity contribution in [1.29, 1.82) is 0 Å². The predicted octanol–water partition coefficient (Wildman–Crippen LogP) is 2.92. The Labute approximate surface area is 117 Å². The molecule has 3 aromatic rings. The van der Waals surface area contributed by atoms with Crippen LogP contribution >= 0.6 is 0 Å². The number of pyridine rings is 2. The molecule has 0 aliphatic heterocycles. The molecule has 1 N–H and O–H groups in total. The van der Waals surface area contributed by atoms with Crippen molar-refractivity contribution in [1.82, 2.24) is 9.97 Å². The maximum atomic E-state index is 11.4. The normalized spacial score (nSPS) is 11.1. The zero-order valence-electron chi connectivity index (χ0n) is 11.7. The summed E-state index contributed by atoms with van der Waals surface area (Å²) in [4.78, 5) is 21.0. The summed E-state index contributed by atoms with van der Waals surface area (Å²) in [6.07, 6.45) is 0. The fraction of sp³-hybridized carbons (Fsp3) is 0.250. The van der Waals surface area contributed by atoms with Crippen LogP contribution in [-0.2, 0) is 0 Å². The molecule has 102 valence electrons. The molecule has 0 aliphatic rings. The maximum Gasteiger partial charge on any atom is 0.249 e. The van der Waals surface area contributed by atoms with E-state index in [4.69, 9.17) is 0 Å². The van der Waals surface area contributed by atoms with Gasteiger partial charge in [-0.3, -0.25) is 4.79 Å². The summed E-state index contributed by atoms with van der Waals surface area (Å²) < 4.78 is 0. The van der Waals surface area contributed by atoms with Crippen LogP contribution in [0.15, 0.2) is 41.2 Å². The smallest absolute Gasteiger partial charge is 0.249 e. The summed E-state index contributed by atoms with van der Waals surface area (Å²) >= 11 is 0. The number of nitrogens with zero attached hydrogens (tertiary/aromatic N) is 2. The molecule has 1 aromatic carbocycles. The van der Waals surface area contributed by atoms with Gasteiger partial charge in [0.15, 0.2) is 0 Å². The molecule has 2 aromatic heterocycles. The maximum absolute atomic E-state index is 11.4. The quantitative estimate of drug-likeness (QED) is 0.742. The Hall–Kier alpha value is -2.36. The molecule has 2 heterocycles. The molecule has 0 aliphatic carbocycles. The number of rotatable bonds is 3. The van der Waals surface area contributed by atoms with Crippen LogP contribution in [0.1, 0.15) is 13.8 Å². The first-order valence-electron chi connectivity index (χ1n) is 6.90. The second-order valence-electron chi connectivity index (χ2n) is 4.80. The number of anilines is 1. The average molecular weight is 267 g/mol. The first-order chi connectivity index (χ1) is 9.71. The van der Waals surface area contributed by atoms with Crippen LogP contribution in [0.5, 0.6) is 0 Å². The van der Waals surface area contributed by atoms with Crippen molar-refractivity contribution >= 4 is 27.6 Å². The first kappa shape index (κ1) is 12.7. The Bertz CT molecular complexity index is 819. The Morgan fingerprint density at radius 1 is 1.05 bits per heavy atom. The molecule has 0 unspecified atom stereocenters. The standard InChI is InChI=1S/C16H17N3O/c1-3-19(4-2)13-7-5-11-9-12-6-8-15(20)18-16(12)17-14(11)10-13/h5-10H,3-4H2,1-2H3,(H,17,18,20). The number of fused-ring (bicyclic) bond motifs is 2. The molecule has 0 atom stereocenters. The van der Waals surface area contributed by atoms with Crippen molar-refractivity contribution < 1.29 is 0 Å². The Kier molecular flexibility index (Phi) is 3.14. The van der Waals surface area contributed by atoms with Crippen molar-refractivity contribution in [2.24, 2.45) is 0 Å². The molecule has 0 saturated heterocycles. The molecule has 20 heavy (non-hydrogen) atoms. The monoisotopic (exact) mass is 267 g/mol. The summed E-state index contributed by atoms with van der Waals surface area (Å²) in [7, 11) is 0. The van der Waals surface area contributed by atoms with Gasteiger partial charge in [0, 0.05) is 35.6 Å². The lowest BCUT2D eigenvalue weighted by Gasteiger charge is -2.21. The molecular formula is C16H17N3O. The number of hydrogen-bond donors (Lipinski definition) is 1. The number of H-pyrrole nitrogens is 1. The number of nitrogens with one attached hydrogen (secondary N) is 1. The molecule has 3 rings (SSSR count). The van der Waals surface area contributed by atoms with Crippen molar-refractivity contribution in [3.8, 4) is 0 Å². The Morgan fingerprint density at radius 3 is 2.55 bits per heavy atom. The molecule has 0 saturated carbocycles. The molecule has 0 radical (unpaired) electrons. The largest absolute Gasteiger partial charge is 0.372 e. The van der Waals surface area contributed by atoms with Crippen LogP contribution < -0.4 is 10.5 Å². The zero-order valence-corrected chi connectivity index (χ0v) is 11.7. The third kappa shape index (κ3) is 2.13. The van der Waals surface area contributed by atoms with Gasteiger partial charge >= 0.3 is 0 Å². The minimum atomic E-state index is -0.121. The molecule has 0 fully saturated rings. The molecule has 4 heteroatoms. The highest BCUT2D eigenvalue weighted by atomic mass is 16.1. The SMILES string of the molecule is CCN(CC)c1ccc2cc3ccc(=O)[nH]c3nc2c1. The van der Waals surface area contributed by atoms with Gasteiger partial charge in [-0.1, -0.05) is 6.07 Å². The van der Waals surface area contributed by atoms with E-state index in [0.717, 1.165) is 35.1 Å². The fourth-order valence-electron chi connectivity index (χ4n) is 2.51. The van der Waals surface area contributed by atoms with Crippen LogP contribution in [0, 0.1) is 0 Å². The van der Waals surface area contributed by atoms with Crippen molar-refractivity contribution in [2.45, 2.75) is 13.8 Å². The van der Waals surface area contributed by atoms with Gasteiger partial charge in [-0.25, -0.2) is 4.98 Å². The van der Waals surface area contributed by atoms with Crippen LogP contribution in [0.25, 0.3) is 21.9 Å². The first-order valence-corrected chi connectivity index (χ1v) is 6.90. The van der Waals surface area contributed by atoms with Gasteiger partial charge in [0.1, 0.15) is 5.65 Å². The lowest BCUT2D eigenvalue weighted by molar-refractivity contribution is 0.867. The third-order valence-electron chi connectivity index (χ3n) is 3.62. The van der Waals surface area contributed by atoms with Gasteiger partial charge in [-0.15, -0.1) is 0 Å². The molecule has 0 amide bonds. The van der Waals surface area contributed by atoms with E-state index in [-0.39, 0.29) is 5.56 Å². The third-order valence-corrected chi connectivity index (χ3v) is 3.62. The average Bonchev–Trinajstić information content (AvgIpc) is 2.46. The van der Waals surface area contributed by atoms with Crippen LogP contribution in [0.4, 0.5) is 5.69 Å². The summed E-state index contributed by atoms with van der Waals surface area (Å²) in [5, 5.41) is 2.04. The highest BCUT2D eigenvalue weighted by Crippen LogP contribution is 2.23. The lowest BCUT2D eigenvalue weighted by atomic mass is 10.1. The Balaban J connectivity index is 2.22. The summed E-state index contributed by atoms with van der Waals surface area (Å²) in [5.74, 6) is 0. The lowest BCUT2D eigenvalue weighted by Crippen LogP contribution is -2.21. The van der Waals surface area contributed by atoms with Gasteiger partial charge < -0.3 is 9.88 Å². The van der Waals surface area contributed by atoms with Crippen LogP contribution in [0.2, 0.25) is 0 Å². The summed E-state index contributed by atoms with van der Waals surface area (Å²) in [5.41, 5.74) is 2.59. The highest BCUT2D eigenvalue weighted by Gasteiger charge is 2.05. The van der Waals surface area contributed by atoms with E-state index in [1.54, 1.807) is 6.07 Å². The predicted molar refractivity (Wildman–Crippen MR) is 83.4 cm³/mol. The van der Waals surface area contributed by atoms with E-state index >= 15 is 0 Å². The van der Waals surface area contributed by atoms with Crippen molar-refractivity contribution in [3.05, 3.63) is 46.8 Å². The topological polar surface area (TPSA) is 49.0 Å². The minimum absolute atomic E-state index is 0.121. The molecule has 0 bridgehead atoms. The second-order valence-corrected chi connectivity index (χ2v) is 4.80. The van der Waals surface area contributed by atoms with Crippen LogP contribution in [-0.4, -0.2) is 23.1 Å². The van der Waals surface area contributed by atoms with Crippen LogP contribution in [0.3, 0.4) is 0 Å². The number of benzene rings is 1. The molecule has 4 nitrogen and oxygen atoms in total.